The minimum Gasteiger partial charge on any atom is -0.493 e. The van der Waals surface area contributed by atoms with Crippen molar-refractivity contribution >= 4 is 17.6 Å². The van der Waals surface area contributed by atoms with Gasteiger partial charge in [0, 0.05) is 10.6 Å². The van der Waals surface area contributed by atoms with Gasteiger partial charge < -0.3 is 9.84 Å². The van der Waals surface area contributed by atoms with E-state index in [1.807, 2.05) is 48.5 Å². The highest BCUT2D eigenvalue weighted by Crippen LogP contribution is 2.39. The number of carboxylic acids is 1. The lowest BCUT2D eigenvalue weighted by Gasteiger charge is -2.17. The highest BCUT2D eigenvalue weighted by atomic mass is 35.5. The maximum Gasteiger partial charge on any atom is 0.335 e. The molecule has 1 aliphatic rings. The number of hydrogen-bond donors (Lipinski definition) is 1. The fourth-order valence-electron chi connectivity index (χ4n) is 4.01. The number of ether oxygens (including phenoxy) is 1. The van der Waals surface area contributed by atoms with Crippen molar-refractivity contribution in [3.05, 3.63) is 77.3 Å². The molecule has 0 spiro atoms. The first-order valence-corrected chi connectivity index (χ1v) is 10.3. The van der Waals surface area contributed by atoms with Gasteiger partial charge in [0.05, 0.1) is 12.2 Å². The molecule has 0 heterocycles. The van der Waals surface area contributed by atoms with E-state index in [2.05, 4.69) is 0 Å². The zero-order chi connectivity index (χ0) is 20.2. The Kier molecular flexibility index (Phi) is 5.86. The van der Waals surface area contributed by atoms with Crippen LogP contribution in [0.2, 0.25) is 5.02 Å². The molecule has 1 fully saturated rings. The van der Waals surface area contributed by atoms with Crippen molar-refractivity contribution in [2.45, 2.75) is 25.7 Å². The van der Waals surface area contributed by atoms with Crippen molar-refractivity contribution < 1.29 is 14.6 Å². The average Bonchev–Trinajstić information content (AvgIpc) is 3.26. The summed E-state index contributed by atoms with van der Waals surface area (Å²) in [6.45, 7) is 0.714. The SMILES string of the molecule is O=C(O)c1cccc(-c2ccccc2-c2cc(Cl)ccc2OCC2CCCC2)c1. The van der Waals surface area contributed by atoms with E-state index in [4.69, 9.17) is 16.3 Å². The fraction of sp³-hybridized carbons (Fsp3) is 0.240. The van der Waals surface area contributed by atoms with Crippen LogP contribution in [0.1, 0.15) is 36.0 Å². The van der Waals surface area contributed by atoms with Crippen molar-refractivity contribution in [2.75, 3.05) is 6.61 Å². The molecule has 4 heteroatoms. The molecule has 3 aromatic rings. The fourth-order valence-corrected chi connectivity index (χ4v) is 4.18. The van der Waals surface area contributed by atoms with Gasteiger partial charge in [0.1, 0.15) is 5.75 Å². The van der Waals surface area contributed by atoms with Gasteiger partial charge in [-0.15, -0.1) is 0 Å². The molecule has 4 rings (SSSR count). The summed E-state index contributed by atoms with van der Waals surface area (Å²) in [7, 11) is 0. The van der Waals surface area contributed by atoms with Crippen LogP contribution in [0, 0.1) is 5.92 Å². The molecule has 1 N–H and O–H groups in total. The smallest absolute Gasteiger partial charge is 0.335 e. The molecule has 0 aromatic heterocycles. The van der Waals surface area contributed by atoms with Crippen LogP contribution < -0.4 is 4.74 Å². The molecule has 0 unspecified atom stereocenters. The van der Waals surface area contributed by atoms with Crippen molar-refractivity contribution in [3.63, 3.8) is 0 Å². The third kappa shape index (κ3) is 4.46. The topological polar surface area (TPSA) is 46.5 Å². The summed E-state index contributed by atoms with van der Waals surface area (Å²) in [4.78, 5) is 11.4. The maximum absolute atomic E-state index is 11.4. The molecule has 0 aliphatic heterocycles. The van der Waals surface area contributed by atoms with Crippen molar-refractivity contribution in [3.8, 4) is 28.0 Å². The van der Waals surface area contributed by atoms with Crippen LogP contribution in [0.15, 0.2) is 66.7 Å². The lowest BCUT2D eigenvalue weighted by Crippen LogP contribution is -2.08. The van der Waals surface area contributed by atoms with Gasteiger partial charge >= 0.3 is 5.97 Å². The van der Waals surface area contributed by atoms with Gasteiger partial charge in [-0.25, -0.2) is 4.79 Å². The standard InChI is InChI=1S/C25H23ClO3/c26-20-12-13-24(29-16-17-6-1-2-7-17)23(15-20)22-11-4-3-10-21(22)18-8-5-9-19(14-18)25(27)28/h3-5,8-15,17H,1-2,6-7,16H2,(H,27,28). The Morgan fingerprint density at radius 3 is 2.45 bits per heavy atom. The second kappa shape index (κ2) is 8.71. The van der Waals surface area contributed by atoms with Crippen LogP contribution in [0.25, 0.3) is 22.3 Å². The van der Waals surface area contributed by atoms with E-state index in [0.29, 0.717) is 17.5 Å². The minimum atomic E-state index is -0.937. The summed E-state index contributed by atoms with van der Waals surface area (Å²) in [6.07, 6.45) is 5.01. The molecule has 29 heavy (non-hydrogen) atoms. The summed E-state index contributed by atoms with van der Waals surface area (Å²) in [5.74, 6) is 0.483. The van der Waals surface area contributed by atoms with Gasteiger partial charge in [-0.3, -0.25) is 0 Å². The maximum atomic E-state index is 11.4. The quantitative estimate of drug-likeness (QED) is 0.482. The predicted octanol–water partition coefficient (Wildman–Crippen LogP) is 6.94. The molecule has 0 radical (unpaired) electrons. The number of aromatic carboxylic acids is 1. The van der Waals surface area contributed by atoms with E-state index in [-0.39, 0.29) is 5.56 Å². The number of benzene rings is 3. The van der Waals surface area contributed by atoms with Gasteiger partial charge in [0.2, 0.25) is 0 Å². The molecule has 0 amide bonds. The molecule has 1 aliphatic carbocycles. The number of carbonyl (C=O) groups is 1. The van der Waals surface area contributed by atoms with E-state index in [9.17, 15) is 9.90 Å². The highest BCUT2D eigenvalue weighted by Gasteiger charge is 2.18. The minimum absolute atomic E-state index is 0.265. The van der Waals surface area contributed by atoms with E-state index in [0.717, 1.165) is 28.0 Å². The Morgan fingerprint density at radius 2 is 1.69 bits per heavy atom. The predicted molar refractivity (Wildman–Crippen MR) is 117 cm³/mol. The first-order valence-electron chi connectivity index (χ1n) is 9.97. The van der Waals surface area contributed by atoms with Crippen LogP contribution in [0.5, 0.6) is 5.75 Å². The Morgan fingerprint density at radius 1 is 0.931 bits per heavy atom. The summed E-state index contributed by atoms with van der Waals surface area (Å²) < 4.78 is 6.23. The van der Waals surface area contributed by atoms with E-state index in [1.165, 1.54) is 25.7 Å². The molecule has 3 nitrogen and oxygen atoms in total. The molecule has 148 valence electrons. The second-order valence-corrected chi connectivity index (χ2v) is 7.97. The number of hydrogen-bond acceptors (Lipinski definition) is 2. The van der Waals surface area contributed by atoms with Crippen LogP contribution in [0.3, 0.4) is 0 Å². The lowest BCUT2D eigenvalue weighted by molar-refractivity contribution is 0.0697. The Balaban J connectivity index is 1.74. The Hall–Kier alpha value is -2.78. The zero-order valence-electron chi connectivity index (χ0n) is 16.1. The van der Waals surface area contributed by atoms with Crippen LogP contribution in [-0.4, -0.2) is 17.7 Å². The van der Waals surface area contributed by atoms with E-state index >= 15 is 0 Å². The first-order chi connectivity index (χ1) is 14.1. The molecule has 1 saturated carbocycles. The molecular weight excluding hydrogens is 384 g/mol. The Bertz CT molecular complexity index is 1020. The van der Waals surface area contributed by atoms with Gasteiger partial charge in [0.15, 0.2) is 0 Å². The van der Waals surface area contributed by atoms with Gasteiger partial charge in [0.25, 0.3) is 0 Å². The van der Waals surface area contributed by atoms with E-state index in [1.54, 1.807) is 18.2 Å². The molecule has 0 atom stereocenters. The van der Waals surface area contributed by atoms with Gasteiger partial charge in [-0.1, -0.05) is 60.8 Å². The third-order valence-corrected chi connectivity index (χ3v) is 5.76. The lowest BCUT2D eigenvalue weighted by atomic mass is 9.93. The summed E-state index contributed by atoms with van der Waals surface area (Å²) >= 11 is 6.33. The van der Waals surface area contributed by atoms with Crippen molar-refractivity contribution in [2.24, 2.45) is 5.92 Å². The molecule has 3 aromatic carbocycles. The number of halogens is 1. The number of carboxylic acid groups (broad SMARTS) is 1. The summed E-state index contributed by atoms with van der Waals surface area (Å²) in [5, 5.41) is 10.0. The number of rotatable bonds is 6. The third-order valence-electron chi connectivity index (χ3n) is 5.53. The monoisotopic (exact) mass is 406 g/mol. The van der Waals surface area contributed by atoms with Crippen molar-refractivity contribution in [1.82, 2.24) is 0 Å². The van der Waals surface area contributed by atoms with Crippen LogP contribution in [-0.2, 0) is 0 Å². The highest BCUT2D eigenvalue weighted by molar-refractivity contribution is 6.31. The van der Waals surface area contributed by atoms with Crippen LogP contribution >= 0.6 is 11.6 Å². The van der Waals surface area contributed by atoms with Crippen molar-refractivity contribution in [1.29, 1.82) is 0 Å². The largest absolute Gasteiger partial charge is 0.493 e. The van der Waals surface area contributed by atoms with Gasteiger partial charge in [-0.2, -0.15) is 0 Å². The Labute approximate surface area is 175 Å². The summed E-state index contributed by atoms with van der Waals surface area (Å²) in [6, 6.07) is 20.6. The average molecular weight is 407 g/mol. The van der Waals surface area contributed by atoms with Gasteiger partial charge in [-0.05, 0) is 65.8 Å². The molecular formula is C25H23ClO3. The zero-order valence-corrected chi connectivity index (χ0v) is 16.9. The second-order valence-electron chi connectivity index (χ2n) is 7.53. The normalized spacial score (nSPS) is 14.1. The molecule has 0 bridgehead atoms. The van der Waals surface area contributed by atoms with Crippen LogP contribution in [0.4, 0.5) is 0 Å². The first kappa shape index (κ1) is 19.5. The van der Waals surface area contributed by atoms with E-state index < -0.39 is 5.97 Å². The molecule has 0 saturated heterocycles. The summed E-state index contributed by atoms with van der Waals surface area (Å²) in [5.41, 5.74) is 3.96.